The summed E-state index contributed by atoms with van der Waals surface area (Å²) in [4.78, 5) is 11.3. The molecule has 1 unspecified atom stereocenters. The lowest BCUT2D eigenvalue weighted by Gasteiger charge is -2.26. The molecule has 4 aromatic carbocycles. The number of hydrogen-bond donors (Lipinski definition) is 2. The first-order valence-corrected chi connectivity index (χ1v) is 16.9. The first-order chi connectivity index (χ1) is 23.4. The molecule has 0 spiro atoms. The zero-order valence-corrected chi connectivity index (χ0v) is 27.5. The summed E-state index contributed by atoms with van der Waals surface area (Å²) in [6.45, 7) is 1.31. The van der Waals surface area contributed by atoms with Gasteiger partial charge < -0.3 is 14.4 Å². The largest absolute Gasteiger partial charge is 0.493 e. The summed E-state index contributed by atoms with van der Waals surface area (Å²) in [6.07, 6.45) is 4.26. The van der Waals surface area contributed by atoms with Gasteiger partial charge >= 0.3 is 5.97 Å². The molecule has 2 aromatic heterocycles. The van der Waals surface area contributed by atoms with E-state index in [1.54, 1.807) is 29.2 Å². The van der Waals surface area contributed by atoms with E-state index in [2.05, 4.69) is 39.1 Å². The second-order valence-corrected chi connectivity index (χ2v) is 12.6. The van der Waals surface area contributed by atoms with Crippen LogP contribution in [0.25, 0.3) is 10.9 Å². The van der Waals surface area contributed by atoms with E-state index in [9.17, 15) is 18.7 Å². The molecule has 2 heterocycles. The maximum absolute atomic E-state index is 12.5. The molecule has 0 radical (unpaired) electrons. The second kappa shape index (κ2) is 15.4. The van der Waals surface area contributed by atoms with Crippen LogP contribution in [0.3, 0.4) is 0 Å². The van der Waals surface area contributed by atoms with Crippen molar-refractivity contribution in [2.45, 2.75) is 25.4 Å². The lowest BCUT2D eigenvalue weighted by molar-refractivity contribution is 0.0697. The number of aromatic nitrogens is 4. The predicted molar refractivity (Wildman–Crippen MR) is 186 cm³/mol. The van der Waals surface area contributed by atoms with Gasteiger partial charge in [-0.1, -0.05) is 77.5 Å². The Hall–Kier alpha value is -4.81. The minimum Gasteiger partial charge on any atom is -0.493 e. The third-order valence-electron chi connectivity index (χ3n) is 8.26. The molecule has 0 saturated heterocycles. The standard InChI is InChI=1S/C36H34ClN5O5S/c37-29-13-16-33-32(25-29)31(18-24-47-30-14-11-28(12-15-30)36(43)44)34(17-20-41(48(45)46)23-22-40-21-19-38-39-40)42(33)35(26-7-3-1-4-8-26)27-9-5-2-6-10-27/h1-16,19,21,25,35H,17-18,20,22-24H2,(H,43,44)(H,45,46). The van der Waals surface area contributed by atoms with Crippen LogP contribution in [-0.4, -0.2) is 63.4 Å². The molecule has 10 nitrogen and oxygen atoms in total. The number of halogens is 1. The number of fused-ring (bicyclic) bond motifs is 1. The Bertz CT molecular complexity index is 1950. The topological polar surface area (TPSA) is 123 Å². The van der Waals surface area contributed by atoms with Gasteiger partial charge in [0.15, 0.2) is 0 Å². The Kier molecular flexibility index (Phi) is 10.6. The van der Waals surface area contributed by atoms with Crippen LogP contribution >= 0.6 is 11.6 Å². The van der Waals surface area contributed by atoms with E-state index in [-0.39, 0.29) is 11.6 Å². The quantitative estimate of drug-likeness (QED) is 0.118. The fraction of sp³-hybridized carbons (Fsp3) is 0.194. The lowest BCUT2D eigenvalue weighted by Crippen LogP contribution is -2.32. The first-order valence-electron chi connectivity index (χ1n) is 15.5. The number of ether oxygens (including phenoxy) is 1. The van der Waals surface area contributed by atoms with E-state index in [0.717, 1.165) is 33.3 Å². The van der Waals surface area contributed by atoms with Crippen molar-refractivity contribution in [2.24, 2.45) is 0 Å². The maximum atomic E-state index is 12.5. The number of rotatable bonds is 15. The van der Waals surface area contributed by atoms with Crippen LogP contribution in [0, 0.1) is 0 Å². The van der Waals surface area contributed by atoms with E-state index in [1.165, 1.54) is 16.4 Å². The number of carboxylic acids is 1. The van der Waals surface area contributed by atoms with E-state index < -0.39 is 17.2 Å². The van der Waals surface area contributed by atoms with Crippen molar-refractivity contribution in [3.63, 3.8) is 0 Å². The number of hydrogen-bond acceptors (Lipinski definition) is 5. The molecule has 6 rings (SSSR count). The van der Waals surface area contributed by atoms with E-state index >= 15 is 0 Å². The van der Waals surface area contributed by atoms with Gasteiger partial charge in [0, 0.05) is 53.7 Å². The van der Waals surface area contributed by atoms with Gasteiger partial charge in [-0.25, -0.2) is 9.00 Å². The third-order valence-corrected chi connectivity index (χ3v) is 9.30. The minimum atomic E-state index is -2.22. The molecule has 1 atom stereocenters. The average molecular weight is 684 g/mol. The molecule has 0 saturated carbocycles. The Morgan fingerprint density at radius 3 is 2.21 bits per heavy atom. The summed E-state index contributed by atoms with van der Waals surface area (Å²) in [5, 5.41) is 18.7. The number of benzene rings is 4. The molecule has 0 bridgehead atoms. The van der Waals surface area contributed by atoms with Crippen molar-refractivity contribution >= 4 is 39.7 Å². The van der Waals surface area contributed by atoms with Gasteiger partial charge in [0.1, 0.15) is 5.75 Å². The lowest BCUT2D eigenvalue weighted by atomic mass is 9.97. The number of carboxylic acid groups (broad SMARTS) is 1. The van der Waals surface area contributed by atoms with Crippen LogP contribution in [0.15, 0.2) is 116 Å². The number of nitrogens with zero attached hydrogens (tertiary/aromatic N) is 5. The van der Waals surface area contributed by atoms with Gasteiger partial charge in [-0.2, -0.15) is 4.31 Å². The molecule has 0 fully saturated rings. The SMILES string of the molecule is O=C(O)c1ccc(OCCc2c(CCN(CCn3ccnn3)S(=O)O)n(C(c3ccccc3)c3ccccc3)c3ccc(Cl)cc23)cc1. The molecule has 0 aliphatic carbocycles. The molecule has 2 N–H and O–H groups in total. The van der Waals surface area contributed by atoms with E-state index in [4.69, 9.17) is 16.3 Å². The molecule has 246 valence electrons. The zero-order valence-electron chi connectivity index (χ0n) is 25.9. The van der Waals surface area contributed by atoms with Crippen LogP contribution < -0.4 is 4.74 Å². The van der Waals surface area contributed by atoms with Crippen LogP contribution in [-0.2, 0) is 30.7 Å². The van der Waals surface area contributed by atoms with Crippen molar-refractivity contribution in [3.05, 3.63) is 148 Å². The fourth-order valence-corrected chi connectivity index (χ4v) is 6.70. The van der Waals surface area contributed by atoms with Crippen molar-refractivity contribution in [1.82, 2.24) is 23.9 Å². The van der Waals surface area contributed by atoms with Crippen molar-refractivity contribution in [1.29, 1.82) is 0 Å². The van der Waals surface area contributed by atoms with Crippen molar-refractivity contribution in [3.8, 4) is 5.75 Å². The van der Waals surface area contributed by atoms with Gasteiger partial charge in [-0.3, -0.25) is 9.23 Å². The van der Waals surface area contributed by atoms with Crippen LogP contribution in [0.1, 0.15) is 38.8 Å². The Morgan fingerprint density at radius 1 is 0.917 bits per heavy atom. The highest BCUT2D eigenvalue weighted by Crippen LogP contribution is 2.38. The molecule has 48 heavy (non-hydrogen) atoms. The van der Waals surface area contributed by atoms with Gasteiger partial charge in [0.05, 0.1) is 31.0 Å². The number of aromatic carboxylic acids is 1. The molecule has 0 aliphatic heterocycles. The summed E-state index contributed by atoms with van der Waals surface area (Å²) in [5.41, 5.74) is 5.35. The van der Waals surface area contributed by atoms with Gasteiger partial charge in [0.2, 0.25) is 11.3 Å². The smallest absolute Gasteiger partial charge is 0.335 e. The van der Waals surface area contributed by atoms with E-state index in [0.29, 0.717) is 49.9 Å². The van der Waals surface area contributed by atoms with Crippen LogP contribution in [0.5, 0.6) is 5.75 Å². The summed E-state index contributed by atoms with van der Waals surface area (Å²) in [5.74, 6) is -0.439. The van der Waals surface area contributed by atoms with Gasteiger partial charge in [0.25, 0.3) is 0 Å². The number of carbonyl (C=O) groups is 1. The third kappa shape index (κ3) is 7.66. The molecule has 12 heteroatoms. The first kappa shape index (κ1) is 33.1. The van der Waals surface area contributed by atoms with Crippen molar-refractivity contribution in [2.75, 3.05) is 19.7 Å². The van der Waals surface area contributed by atoms with Crippen molar-refractivity contribution < 1.29 is 23.4 Å². The monoisotopic (exact) mass is 683 g/mol. The Labute approximate surface area is 285 Å². The van der Waals surface area contributed by atoms with Crippen LogP contribution in [0.4, 0.5) is 0 Å². The summed E-state index contributed by atoms with van der Waals surface area (Å²) >= 11 is 4.40. The summed E-state index contributed by atoms with van der Waals surface area (Å²) in [6, 6.07) is 32.5. The molecule has 6 aromatic rings. The Balaban J connectivity index is 1.43. The molecule has 0 amide bonds. The average Bonchev–Trinajstić information content (AvgIpc) is 3.72. The molecular formula is C36H34ClN5O5S. The maximum Gasteiger partial charge on any atom is 0.335 e. The Morgan fingerprint density at radius 2 is 1.60 bits per heavy atom. The zero-order chi connectivity index (χ0) is 33.5. The summed E-state index contributed by atoms with van der Waals surface area (Å²) in [7, 11) is 0. The highest BCUT2D eigenvalue weighted by Gasteiger charge is 2.26. The fourth-order valence-electron chi connectivity index (χ4n) is 6.04. The normalized spacial score (nSPS) is 12.2. The minimum absolute atomic E-state index is 0.185. The highest BCUT2D eigenvalue weighted by molar-refractivity contribution is 7.76. The predicted octanol–water partition coefficient (Wildman–Crippen LogP) is 6.53. The van der Waals surface area contributed by atoms with Gasteiger partial charge in [-0.15, -0.1) is 5.10 Å². The van der Waals surface area contributed by atoms with Gasteiger partial charge in [-0.05, 0) is 59.2 Å². The molecule has 0 aliphatic rings. The van der Waals surface area contributed by atoms with Crippen LogP contribution in [0.2, 0.25) is 5.02 Å². The molecular weight excluding hydrogens is 650 g/mol. The highest BCUT2D eigenvalue weighted by atomic mass is 35.5. The van der Waals surface area contributed by atoms with E-state index in [1.807, 2.05) is 54.6 Å². The summed E-state index contributed by atoms with van der Waals surface area (Å²) < 4.78 is 34.4. The second-order valence-electron chi connectivity index (χ2n) is 11.2.